The van der Waals surface area contributed by atoms with E-state index >= 15 is 0 Å². The Balaban J connectivity index is 1.45. The molecule has 4 aromatic rings. The Morgan fingerprint density at radius 1 is 0.842 bits per heavy atom. The lowest BCUT2D eigenvalue weighted by molar-refractivity contribution is 0.170. The van der Waals surface area contributed by atoms with Crippen molar-refractivity contribution in [3.8, 4) is 28.6 Å². The first kappa shape index (κ1) is 25.9. The minimum Gasteiger partial charge on any atom is -0.494 e. The third-order valence-corrected chi connectivity index (χ3v) is 6.72. The van der Waals surface area contributed by atoms with Gasteiger partial charge in [-0.15, -0.1) is 0 Å². The van der Waals surface area contributed by atoms with Crippen LogP contribution in [0, 0.1) is 0 Å². The fraction of sp³-hybridized carbons (Fsp3) is 0.344. The van der Waals surface area contributed by atoms with Gasteiger partial charge in [0.1, 0.15) is 24.8 Å². The van der Waals surface area contributed by atoms with E-state index in [-0.39, 0.29) is 0 Å². The van der Waals surface area contributed by atoms with E-state index < -0.39 is 0 Å². The number of aromatic nitrogens is 2. The molecule has 6 nitrogen and oxygen atoms in total. The molecule has 0 spiro atoms. The van der Waals surface area contributed by atoms with Gasteiger partial charge in [-0.05, 0) is 48.7 Å². The van der Waals surface area contributed by atoms with Crippen LogP contribution in [0.3, 0.4) is 0 Å². The van der Waals surface area contributed by atoms with Gasteiger partial charge in [0.2, 0.25) is 0 Å². The molecule has 1 aliphatic rings. The molecule has 2 heterocycles. The van der Waals surface area contributed by atoms with Crippen LogP contribution in [0.15, 0.2) is 79.0 Å². The highest BCUT2D eigenvalue weighted by Gasteiger charge is 2.18. The second kappa shape index (κ2) is 12.7. The molecule has 1 aliphatic heterocycles. The molecule has 38 heavy (non-hydrogen) atoms. The largest absolute Gasteiger partial charge is 0.494 e. The van der Waals surface area contributed by atoms with Crippen molar-refractivity contribution in [1.82, 2.24) is 14.5 Å². The van der Waals surface area contributed by atoms with Crippen molar-refractivity contribution in [2.24, 2.45) is 0 Å². The standard InChI is InChI=1S/C32H37N3O3/c1-3-5-16-35-28(21-33-32(35)27-11-7-6-8-12-27)24-34(22-25-10-9-13-29(19-25)36-4-2)23-26-14-15-30-31(20-26)38-18-17-37-30/h6-15,19-21H,3-5,16-18,22-24H2,1-2H3. The molecule has 0 aliphatic carbocycles. The molecule has 3 aromatic carbocycles. The Morgan fingerprint density at radius 3 is 2.42 bits per heavy atom. The molecule has 0 saturated heterocycles. The molecule has 5 rings (SSSR count). The van der Waals surface area contributed by atoms with Crippen LogP contribution in [-0.4, -0.2) is 34.3 Å². The Bertz CT molecular complexity index is 1320. The van der Waals surface area contributed by atoms with Crippen molar-refractivity contribution < 1.29 is 14.2 Å². The number of ether oxygens (including phenoxy) is 3. The van der Waals surface area contributed by atoms with Gasteiger partial charge < -0.3 is 18.8 Å². The maximum Gasteiger partial charge on any atom is 0.161 e. The first-order valence-electron chi connectivity index (χ1n) is 13.7. The third kappa shape index (κ3) is 6.37. The molecule has 1 aromatic heterocycles. The number of nitrogens with zero attached hydrogens (tertiary/aromatic N) is 3. The number of fused-ring (bicyclic) bond motifs is 1. The molecule has 0 unspecified atom stereocenters. The molecule has 0 saturated carbocycles. The second-order valence-corrected chi connectivity index (χ2v) is 9.65. The number of benzene rings is 3. The van der Waals surface area contributed by atoms with Crippen molar-refractivity contribution in [3.63, 3.8) is 0 Å². The summed E-state index contributed by atoms with van der Waals surface area (Å²) in [6, 6.07) is 25.2. The summed E-state index contributed by atoms with van der Waals surface area (Å²) in [6.07, 6.45) is 4.30. The van der Waals surface area contributed by atoms with Gasteiger partial charge in [0, 0.05) is 31.7 Å². The first-order chi connectivity index (χ1) is 18.7. The van der Waals surface area contributed by atoms with Crippen molar-refractivity contribution in [1.29, 1.82) is 0 Å². The van der Waals surface area contributed by atoms with Gasteiger partial charge in [-0.1, -0.05) is 61.9 Å². The number of hydrogen-bond donors (Lipinski definition) is 0. The van der Waals surface area contributed by atoms with Gasteiger partial charge in [0.15, 0.2) is 11.5 Å². The zero-order chi connectivity index (χ0) is 26.2. The van der Waals surface area contributed by atoms with Crippen LogP contribution in [0.5, 0.6) is 17.2 Å². The lowest BCUT2D eigenvalue weighted by Gasteiger charge is -2.25. The molecular weight excluding hydrogens is 474 g/mol. The van der Waals surface area contributed by atoms with Gasteiger partial charge in [-0.3, -0.25) is 4.90 Å². The van der Waals surface area contributed by atoms with Gasteiger partial charge >= 0.3 is 0 Å². The van der Waals surface area contributed by atoms with Gasteiger partial charge in [-0.2, -0.15) is 0 Å². The van der Waals surface area contributed by atoms with Crippen LogP contribution >= 0.6 is 0 Å². The predicted molar refractivity (Wildman–Crippen MR) is 151 cm³/mol. The van der Waals surface area contributed by atoms with Crippen LogP contribution in [0.1, 0.15) is 43.5 Å². The fourth-order valence-electron chi connectivity index (χ4n) is 4.92. The van der Waals surface area contributed by atoms with Crippen LogP contribution in [0.2, 0.25) is 0 Å². The monoisotopic (exact) mass is 511 g/mol. The Kier molecular flexibility index (Phi) is 8.61. The number of hydrogen-bond acceptors (Lipinski definition) is 5. The summed E-state index contributed by atoms with van der Waals surface area (Å²) in [5, 5.41) is 0. The Morgan fingerprint density at radius 2 is 1.63 bits per heavy atom. The highest BCUT2D eigenvalue weighted by molar-refractivity contribution is 5.56. The second-order valence-electron chi connectivity index (χ2n) is 9.65. The lowest BCUT2D eigenvalue weighted by Crippen LogP contribution is -2.24. The van der Waals surface area contributed by atoms with Crippen LogP contribution in [-0.2, 0) is 26.2 Å². The molecule has 0 radical (unpaired) electrons. The zero-order valence-corrected chi connectivity index (χ0v) is 22.4. The maximum atomic E-state index is 5.87. The van der Waals surface area contributed by atoms with E-state index in [1.54, 1.807) is 0 Å². The third-order valence-electron chi connectivity index (χ3n) is 6.72. The van der Waals surface area contributed by atoms with E-state index in [2.05, 4.69) is 77.1 Å². The topological polar surface area (TPSA) is 48.8 Å². The van der Waals surface area contributed by atoms with E-state index in [1.165, 1.54) is 16.8 Å². The molecule has 0 atom stereocenters. The molecule has 6 heteroatoms. The summed E-state index contributed by atoms with van der Waals surface area (Å²) in [5.74, 6) is 3.59. The van der Waals surface area contributed by atoms with Crippen molar-refractivity contribution in [3.05, 3.63) is 95.8 Å². The molecule has 198 valence electrons. The average molecular weight is 512 g/mol. The van der Waals surface area contributed by atoms with Crippen molar-refractivity contribution in [2.75, 3.05) is 19.8 Å². The van der Waals surface area contributed by atoms with Gasteiger partial charge in [-0.25, -0.2) is 4.98 Å². The SMILES string of the molecule is CCCCn1c(CN(Cc2cccc(OCC)c2)Cc2ccc3c(c2)OCCO3)cnc1-c1ccccc1. The average Bonchev–Trinajstić information content (AvgIpc) is 3.34. The van der Waals surface area contributed by atoms with E-state index in [0.717, 1.165) is 67.7 Å². The minimum atomic E-state index is 0.587. The number of rotatable bonds is 12. The quantitative estimate of drug-likeness (QED) is 0.211. The normalized spacial score (nSPS) is 12.6. The van der Waals surface area contributed by atoms with Gasteiger partial charge in [0.05, 0.1) is 18.5 Å². The predicted octanol–water partition coefficient (Wildman–Crippen LogP) is 6.72. The highest BCUT2D eigenvalue weighted by Crippen LogP contribution is 2.32. The van der Waals surface area contributed by atoms with Crippen molar-refractivity contribution in [2.45, 2.75) is 52.9 Å². The van der Waals surface area contributed by atoms with E-state index in [4.69, 9.17) is 19.2 Å². The summed E-state index contributed by atoms with van der Waals surface area (Å²) in [5.41, 5.74) is 4.78. The smallest absolute Gasteiger partial charge is 0.161 e. The van der Waals surface area contributed by atoms with Crippen LogP contribution < -0.4 is 14.2 Å². The van der Waals surface area contributed by atoms with Crippen LogP contribution in [0.25, 0.3) is 11.4 Å². The fourth-order valence-corrected chi connectivity index (χ4v) is 4.92. The maximum absolute atomic E-state index is 5.87. The molecular formula is C32H37N3O3. The highest BCUT2D eigenvalue weighted by atomic mass is 16.6. The van der Waals surface area contributed by atoms with E-state index in [0.29, 0.717) is 19.8 Å². The molecule has 0 bridgehead atoms. The van der Waals surface area contributed by atoms with Gasteiger partial charge in [0.25, 0.3) is 0 Å². The Hall–Kier alpha value is -3.77. The summed E-state index contributed by atoms with van der Waals surface area (Å²) in [7, 11) is 0. The number of unbranched alkanes of at least 4 members (excludes halogenated alkanes) is 1. The molecule has 0 N–H and O–H groups in total. The minimum absolute atomic E-state index is 0.587. The number of imidazole rings is 1. The summed E-state index contributed by atoms with van der Waals surface area (Å²) in [6.45, 7) is 9.38. The first-order valence-corrected chi connectivity index (χ1v) is 13.7. The summed E-state index contributed by atoms with van der Waals surface area (Å²) in [4.78, 5) is 7.35. The Labute approximate surface area is 225 Å². The van der Waals surface area contributed by atoms with E-state index in [1.807, 2.05) is 25.3 Å². The summed E-state index contributed by atoms with van der Waals surface area (Å²) >= 11 is 0. The van der Waals surface area contributed by atoms with E-state index in [9.17, 15) is 0 Å². The zero-order valence-electron chi connectivity index (χ0n) is 22.4. The molecule has 0 fully saturated rings. The lowest BCUT2D eigenvalue weighted by atomic mass is 10.1. The van der Waals surface area contributed by atoms with Crippen LogP contribution in [0.4, 0.5) is 0 Å². The molecule has 0 amide bonds. The van der Waals surface area contributed by atoms with Crippen molar-refractivity contribution >= 4 is 0 Å². The summed E-state index contributed by atoms with van der Waals surface area (Å²) < 4.78 is 19.8.